The molecule has 0 spiro atoms. The number of hydrogen-bond acceptors (Lipinski definition) is 5. The van der Waals surface area contributed by atoms with Crippen LogP contribution in [0.1, 0.15) is 18.2 Å². The SMILES string of the molecule is Nc1ncnn2c(C3CCOC3)nc(I)c12. The number of hydrogen-bond donors (Lipinski definition) is 1. The van der Waals surface area contributed by atoms with E-state index in [9.17, 15) is 0 Å². The van der Waals surface area contributed by atoms with Crippen LogP contribution in [0.25, 0.3) is 5.52 Å². The van der Waals surface area contributed by atoms with Gasteiger partial charge in [-0.05, 0) is 29.0 Å². The molecule has 3 heterocycles. The first-order chi connectivity index (χ1) is 7.77. The van der Waals surface area contributed by atoms with Gasteiger partial charge < -0.3 is 10.5 Å². The Morgan fingerprint density at radius 3 is 3.19 bits per heavy atom. The van der Waals surface area contributed by atoms with Crippen molar-refractivity contribution in [3.05, 3.63) is 15.9 Å². The van der Waals surface area contributed by atoms with Gasteiger partial charge in [-0.3, -0.25) is 0 Å². The molecule has 1 fully saturated rings. The maximum atomic E-state index is 5.82. The third kappa shape index (κ3) is 1.46. The third-order valence-electron chi connectivity index (χ3n) is 2.74. The summed E-state index contributed by atoms with van der Waals surface area (Å²) in [4.78, 5) is 8.50. The van der Waals surface area contributed by atoms with Crippen LogP contribution >= 0.6 is 22.6 Å². The summed E-state index contributed by atoms with van der Waals surface area (Å²) in [5.41, 5.74) is 6.62. The maximum absolute atomic E-state index is 5.82. The lowest BCUT2D eigenvalue weighted by Crippen LogP contribution is -2.07. The van der Waals surface area contributed by atoms with Crippen molar-refractivity contribution in [2.75, 3.05) is 18.9 Å². The van der Waals surface area contributed by atoms with Crippen molar-refractivity contribution in [1.29, 1.82) is 0 Å². The monoisotopic (exact) mass is 331 g/mol. The van der Waals surface area contributed by atoms with Crippen molar-refractivity contribution in [3.8, 4) is 0 Å². The summed E-state index contributed by atoms with van der Waals surface area (Å²) in [6.07, 6.45) is 2.44. The quantitative estimate of drug-likeness (QED) is 0.783. The number of aromatic nitrogens is 4. The molecular formula is C9H10IN5O. The Balaban J connectivity index is 2.22. The molecule has 1 aliphatic rings. The second kappa shape index (κ2) is 3.81. The van der Waals surface area contributed by atoms with Crippen LogP contribution in [0.4, 0.5) is 5.82 Å². The highest BCUT2D eigenvalue weighted by Gasteiger charge is 2.25. The first kappa shape index (κ1) is 10.2. The molecule has 2 aromatic rings. The number of rotatable bonds is 1. The van der Waals surface area contributed by atoms with Gasteiger partial charge in [-0.1, -0.05) is 0 Å². The Morgan fingerprint density at radius 2 is 2.44 bits per heavy atom. The van der Waals surface area contributed by atoms with Gasteiger partial charge in [0.2, 0.25) is 0 Å². The minimum Gasteiger partial charge on any atom is -0.382 e. The highest BCUT2D eigenvalue weighted by molar-refractivity contribution is 14.1. The number of ether oxygens (including phenoxy) is 1. The molecule has 0 amide bonds. The van der Waals surface area contributed by atoms with E-state index in [-0.39, 0.29) is 0 Å². The van der Waals surface area contributed by atoms with Gasteiger partial charge >= 0.3 is 0 Å². The van der Waals surface area contributed by atoms with E-state index in [1.807, 2.05) is 0 Å². The van der Waals surface area contributed by atoms with E-state index in [1.54, 1.807) is 4.52 Å². The fraction of sp³-hybridized carbons (Fsp3) is 0.444. The molecule has 0 bridgehead atoms. The molecule has 6 nitrogen and oxygen atoms in total. The summed E-state index contributed by atoms with van der Waals surface area (Å²) in [5.74, 6) is 1.70. The highest BCUT2D eigenvalue weighted by atomic mass is 127. The lowest BCUT2D eigenvalue weighted by molar-refractivity contribution is 0.193. The largest absolute Gasteiger partial charge is 0.382 e. The van der Waals surface area contributed by atoms with Crippen molar-refractivity contribution >= 4 is 33.9 Å². The fourth-order valence-corrected chi connectivity index (χ4v) is 2.69. The number of anilines is 1. The van der Waals surface area contributed by atoms with Gasteiger partial charge in [-0.2, -0.15) is 5.10 Å². The summed E-state index contributed by atoms with van der Waals surface area (Å²) in [7, 11) is 0. The number of nitrogens with two attached hydrogens (primary N) is 1. The average Bonchev–Trinajstić information content (AvgIpc) is 2.86. The molecule has 0 aliphatic carbocycles. The molecule has 3 rings (SSSR count). The van der Waals surface area contributed by atoms with Crippen molar-refractivity contribution in [1.82, 2.24) is 19.6 Å². The molecule has 2 aromatic heterocycles. The Kier molecular flexibility index (Phi) is 2.43. The van der Waals surface area contributed by atoms with Crippen LogP contribution in [0.5, 0.6) is 0 Å². The first-order valence-corrected chi connectivity index (χ1v) is 6.07. The predicted molar refractivity (Wildman–Crippen MR) is 66.1 cm³/mol. The van der Waals surface area contributed by atoms with Gasteiger partial charge in [0, 0.05) is 12.5 Å². The first-order valence-electron chi connectivity index (χ1n) is 4.99. The van der Waals surface area contributed by atoms with E-state index in [0.717, 1.165) is 28.1 Å². The second-order valence-electron chi connectivity index (χ2n) is 3.73. The van der Waals surface area contributed by atoms with Crippen molar-refractivity contribution < 1.29 is 4.74 Å². The summed E-state index contributed by atoms with van der Waals surface area (Å²) < 4.78 is 8.00. The molecule has 0 aromatic carbocycles. The number of imidazole rings is 1. The molecule has 1 saturated heterocycles. The molecule has 7 heteroatoms. The Bertz CT molecular complexity index is 534. The van der Waals surface area contributed by atoms with Gasteiger partial charge in [0.25, 0.3) is 0 Å². The lowest BCUT2D eigenvalue weighted by atomic mass is 10.1. The Morgan fingerprint density at radius 1 is 1.56 bits per heavy atom. The van der Waals surface area contributed by atoms with Gasteiger partial charge in [0.15, 0.2) is 5.82 Å². The Hall–Kier alpha value is -0.960. The normalized spacial score (nSPS) is 20.7. The van der Waals surface area contributed by atoms with E-state index >= 15 is 0 Å². The third-order valence-corrected chi connectivity index (χ3v) is 3.49. The van der Waals surface area contributed by atoms with Crippen LogP contribution < -0.4 is 5.73 Å². The summed E-state index contributed by atoms with van der Waals surface area (Å²) in [6.45, 7) is 1.50. The zero-order chi connectivity index (χ0) is 11.1. The highest BCUT2D eigenvalue weighted by Crippen LogP contribution is 2.27. The van der Waals surface area contributed by atoms with Crippen molar-refractivity contribution in [3.63, 3.8) is 0 Å². The molecule has 16 heavy (non-hydrogen) atoms. The zero-order valence-corrected chi connectivity index (χ0v) is 10.6. The van der Waals surface area contributed by atoms with E-state index in [1.165, 1.54) is 6.33 Å². The summed E-state index contributed by atoms with van der Waals surface area (Å²) >= 11 is 2.16. The van der Waals surface area contributed by atoms with Crippen molar-refractivity contribution in [2.24, 2.45) is 0 Å². The summed E-state index contributed by atoms with van der Waals surface area (Å²) in [6, 6.07) is 0. The molecule has 1 aliphatic heterocycles. The predicted octanol–water partition coefficient (Wildman–Crippen LogP) is 0.815. The number of nitrogens with zero attached hydrogens (tertiary/aromatic N) is 4. The minimum absolute atomic E-state index is 0.310. The molecule has 84 valence electrons. The minimum atomic E-state index is 0.310. The standard InChI is InChI=1S/C9H10IN5O/c10-7-6-8(11)12-4-13-15(6)9(14-7)5-1-2-16-3-5/h4-5H,1-3H2,(H2,11,12,13). The summed E-state index contributed by atoms with van der Waals surface area (Å²) in [5, 5.41) is 4.21. The molecule has 2 N–H and O–H groups in total. The molecule has 1 unspecified atom stereocenters. The average molecular weight is 331 g/mol. The van der Waals surface area contributed by atoms with Crippen LogP contribution in [-0.4, -0.2) is 32.8 Å². The maximum Gasteiger partial charge on any atom is 0.154 e. The van der Waals surface area contributed by atoms with E-state index < -0.39 is 0 Å². The van der Waals surface area contributed by atoms with Gasteiger partial charge in [0.1, 0.15) is 21.4 Å². The smallest absolute Gasteiger partial charge is 0.154 e. The molecule has 0 radical (unpaired) electrons. The van der Waals surface area contributed by atoms with Crippen LogP contribution in [-0.2, 0) is 4.74 Å². The van der Waals surface area contributed by atoms with Crippen LogP contribution in [0.2, 0.25) is 0 Å². The van der Waals surface area contributed by atoms with E-state index in [2.05, 4.69) is 37.7 Å². The molecule has 0 saturated carbocycles. The van der Waals surface area contributed by atoms with Crippen LogP contribution in [0.15, 0.2) is 6.33 Å². The molecular weight excluding hydrogens is 321 g/mol. The number of nitrogen functional groups attached to an aromatic ring is 1. The van der Waals surface area contributed by atoms with Crippen molar-refractivity contribution in [2.45, 2.75) is 12.3 Å². The van der Waals surface area contributed by atoms with E-state index in [0.29, 0.717) is 18.3 Å². The van der Waals surface area contributed by atoms with Gasteiger partial charge in [-0.15, -0.1) is 0 Å². The fourth-order valence-electron chi connectivity index (χ4n) is 1.94. The van der Waals surface area contributed by atoms with Crippen LogP contribution in [0, 0.1) is 3.70 Å². The number of halogens is 1. The zero-order valence-electron chi connectivity index (χ0n) is 8.43. The van der Waals surface area contributed by atoms with Gasteiger partial charge in [-0.25, -0.2) is 14.5 Å². The number of fused-ring (bicyclic) bond motifs is 1. The lowest BCUT2D eigenvalue weighted by Gasteiger charge is -2.05. The van der Waals surface area contributed by atoms with Gasteiger partial charge in [0.05, 0.1) is 6.61 Å². The molecule has 1 atom stereocenters. The van der Waals surface area contributed by atoms with E-state index in [4.69, 9.17) is 10.5 Å². The second-order valence-corrected chi connectivity index (χ2v) is 4.75. The topological polar surface area (TPSA) is 78.3 Å². The van der Waals surface area contributed by atoms with Crippen LogP contribution in [0.3, 0.4) is 0 Å². The Labute approximate surface area is 105 Å².